The fourth-order valence-corrected chi connectivity index (χ4v) is 3.65. The summed E-state index contributed by atoms with van der Waals surface area (Å²) >= 11 is 6.15. The minimum absolute atomic E-state index is 0.313. The Morgan fingerprint density at radius 2 is 1.93 bits per heavy atom. The Labute approximate surface area is 164 Å². The Balaban J connectivity index is 2.22. The van der Waals surface area contributed by atoms with Gasteiger partial charge in [0.15, 0.2) is 18.1 Å². The van der Waals surface area contributed by atoms with Gasteiger partial charge in [0.2, 0.25) is 0 Å². The molecule has 1 fully saturated rings. The third-order valence-corrected chi connectivity index (χ3v) is 4.96. The van der Waals surface area contributed by atoms with Crippen LogP contribution in [0.1, 0.15) is 5.56 Å². The standard InChI is InChI=1S/C18H15NO6S2/c1-23-13-5-9-3-4-12(25-8-16(20)21)11(10(9)6-14(13)24-2)7-15-17(22)19-18(26)27-15/h3-7H,8H2,1-2H3,(H,20,21)(H,19,22,26). The first kappa shape index (κ1) is 19.0. The summed E-state index contributed by atoms with van der Waals surface area (Å²) in [5, 5.41) is 13.0. The lowest BCUT2D eigenvalue weighted by molar-refractivity contribution is -0.139. The molecule has 3 rings (SSSR count). The van der Waals surface area contributed by atoms with E-state index in [4.69, 9.17) is 31.5 Å². The summed E-state index contributed by atoms with van der Waals surface area (Å²) in [5.41, 5.74) is 0.553. The number of nitrogens with one attached hydrogen (secondary N) is 1. The molecule has 27 heavy (non-hydrogen) atoms. The van der Waals surface area contributed by atoms with Gasteiger partial charge in [-0.05, 0) is 35.0 Å². The van der Waals surface area contributed by atoms with Crippen molar-refractivity contribution in [2.75, 3.05) is 20.8 Å². The van der Waals surface area contributed by atoms with Gasteiger partial charge < -0.3 is 24.6 Å². The average Bonchev–Trinajstić information content (AvgIpc) is 2.96. The molecule has 2 N–H and O–H groups in total. The van der Waals surface area contributed by atoms with Gasteiger partial charge in [-0.1, -0.05) is 30.0 Å². The molecule has 0 unspecified atom stereocenters. The third kappa shape index (κ3) is 3.99. The van der Waals surface area contributed by atoms with Crippen molar-refractivity contribution in [1.29, 1.82) is 0 Å². The number of hydrogen-bond acceptors (Lipinski definition) is 7. The zero-order chi connectivity index (χ0) is 19.6. The van der Waals surface area contributed by atoms with Crippen LogP contribution in [0, 0.1) is 0 Å². The number of fused-ring (bicyclic) bond motifs is 1. The summed E-state index contributed by atoms with van der Waals surface area (Å²) in [5.74, 6) is -0.0336. The van der Waals surface area contributed by atoms with Crippen LogP contribution >= 0.6 is 24.0 Å². The van der Waals surface area contributed by atoms with Gasteiger partial charge in [0, 0.05) is 5.56 Å². The molecule has 2 aromatic carbocycles. The highest BCUT2D eigenvalue weighted by atomic mass is 32.2. The van der Waals surface area contributed by atoms with Gasteiger partial charge in [0.25, 0.3) is 5.91 Å². The number of carbonyl (C=O) groups excluding carboxylic acids is 1. The number of ether oxygens (including phenoxy) is 3. The third-order valence-electron chi connectivity index (χ3n) is 3.79. The van der Waals surface area contributed by atoms with Crippen LogP contribution in [0.2, 0.25) is 0 Å². The van der Waals surface area contributed by atoms with Gasteiger partial charge in [-0.25, -0.2) is 4.79 Å². The largest absolute Gasteiger partial charge is 0.493 e. The van der Waals surface area contributed by atoms with Crippen molar-refractivity contribution in [3.05, 3.63) is 34.7 Å². The second kappa shape index (κ2) is 7.85. The molecule has 1 amide bonds. The van der Waals surface area contributed by atoms with Gasteiger partial charge >= 0.3 is 5.97 Å². The Morgan fingerprint density at radius 1 is 1.22 bits per heavy atom. The molecule has 0 spiro atoms. The molecule has 0 atom stereocenters. The molecule has 1 heterocycles. The van der Waals surface area contributed by atoms with Crippen molar-refractivity contribution in [2.24, 2.45) is 0 Å². The SMILES string of the molecule is COc1cc2ccc(OCC(=O)O)c(C=C3SC(=S)NC3=O)c2cc1OC. The van der Waals surface area contributed by atoms with E-state index in [-0.39, 0.29) is 5.91 Å². The lowest BCUT2D eigenvalue weighted by Gasteiger charge is -2.14. The molecule has 0 saturated carbocycles. The number of aliphatic carboxylic acids is 1. The van der Waals surface area contributed by atoms with Crippen LogP contribution in [0.5, 0.6) is 17.2 Å². The van der Waals surface area contributed by atoms with Crippen LogP contribution in [0.15, 0.2) is 29.2 Å². The highest BCUT2D eigenvalue weighted by Crippen LogP contribution is 2.39. The van der Waals surface area contributed by atoms with Crippen LogP contribution in [-0.4, -0.2) is 42.1 Å². The predicted octanol–water partition coefficient (Wildman–Crippen LogP) is 2.81. The van der Waals surface area contributed by atoms with E-state index in [2.05, 4.69) is 5.32 Å². The highest BCUT2D eigenvalue weighted by Gasteiger charge is 2.23. The number of thioether (sulfide) groups is 1. The molecule has 9 heteroatoms. The smallest absolute Gasteiger partial charge is 0.341 e. The predicted molar refractivity (Wildman–Crippen MR) is 106 cm³/mol. The van der Waals surface area contributed by atoms with Crippen molar-refractivity contribution in [1.82, 2.24) is 5.32 Å². The van der Waals surface area contributed by atoms with E-state index in [1.807, 2.05) is 0 Å². The molecular weight excluding hydrogens is 390 g/mol. The average molecular weight is 405 g/mol. The van der Waals surface area contributed by atoms with E-state index in [1.54, 1.807) is 30.3 Å². The summed E-state index contributed by atoms with van der Waals surface area (Å²) in [6.45, 7) is -0.507. The van der Waals surface area contributed by atoms with E-state index in [1.165, 1.54) is 14.2 Å². The Bertz CT molecular complexity index is 985. The van der Waals surface area contributed by atoms with Gasteiger partial charge in [0.05, 0.1) is 19.1 Å². The molecule has 0 aliphatic carbocycles. The lowest BCUT2D eigenvalue weighted by Crippen LogP contribution is -2.17. The summed E-state index contributed by atoms with van der Waals surface area (Å²) in [6, 6.07) is 6.98. The Morgan fingerprint density at radius 3 is 2.52 bits per heavy atom. The first-order chi connectivity index (χ1) is 12.9. The van der Waals surface area contributed by atoms with E-state index in [0.717, 1.165) is 17.1 Å². The van der Waals surface area contributed by atoms with Gasteiger partial charge in [-0.2, -0.15) is 0 Å². The fraction of sp³-hybridized carbons (Fsp3) is 0.167. The molecule has 7 nitrogen and oxygen atoms in total. The number of benzene rings is 2. The fourth-order valence-electron chi connectivity index (χ4n) is 2.62. The monoisotopic (exact) mass is 405 g/mol. The molecule has 0 radical (unpaired) electrons. The van der Waals surface area contributed by atoms with Crippen LogP contribution in [0.4, 0.5) is 0 Å². The van der Waals surface area contributed by atoms with Crippen molar-refractivity contribution < 1.29 is 28.9 Å². The van der Waals surface area contributed by atoms with Crippen LogP contribution < -0.4 is 19.5 Å². The number of hydrogen-bond donors (Lipinski definition) is 2. The normalized spacial score (nSPS) is 15.1. The number of methoxy groups -OCH3 is 2. The molecule has 1 saturated heterocycles. The molecular formula is C18H15NO6S2. The Hall–Kier alpha value is -2.78. The minimum atomic E-state index is -1.10. The van der Waals surface area contributed by atoms with Crippen molar-refractivity contribution in [2.45, 2.75) is 0 Å². The molecule has 0 bridgehead atoms. The quantitative estimate of drug-likeness (QED) is 0.560. The first-order valence-electron chi connectivity index (χ1n) is 7.71. The number of carbonyl (C=O) groups is 2. The molecule has 0 aromatic heterocycles. The number of carboxylic acid groups (broad SMARTS) is 1. The lowest BCUT2D eigenvalue weighted by atomic mass is 10.0. The van der Waals surface area contributed by atoms with Gasteiger partial charge in [-0.15, -0.1) is 0 Å². The topological polar surface area (TPSA) is 94.1 Å². The van der Waals surface area contributed by atoms with Crippen LogP contribution in [-0.2, 0) is 9.59 Å². The maximum Gasteiger partial charge on any atom is 0.341 e. The zero-order valence-electron chi connectivity index (χ0n) is 14.4. The second-order valence-electron chi connectivity index (χ2n) is 5.44. The highest BCUT2D eigenvalue weighted by molar-refractivity contribution is 8.26. The molecule has 1 aliphatic rings. The van der Waals surface area contributed by atoms with Crippen molar-refractivity contribution in [3.63, 3.8) is 0 Å². The number of rotatable bonds is 6. The summed E-state index contributed by atoms with van der Waals surface area (Å²) < 4.78 is 16.5. The maximum atomic E-state index is 12.1. The molecule has 140 valence electrons. The van der Waals surface area contributed by atoms with Crippen molar-refractivity contribution in [3.8, 4) is 17.2 Å². The van der Waals surface area contributed by atoms with Gasteiger partial charge in [0.1, 0.15) is 10.1 Å². The minimum Gasteiger partial charge on any atom is -0.493 e. The second-order valence-corrected chi connectivity index (χ2v) is 7.16. The number of amides is 1. The van der Waals surface area contributed by atoms with Gasteiger partial charge in [-0.3, -0.25) is 4.79 Å². The maximum absolute atomic E-state index is 12.1. The number of carboxylic acids is 1. The summed E-state index contributed by atoms with van der Waals surface area (Å²) in [4.78, 5) is 23.4. The van der Waals surface area contributed by atoms with E-state index >= 15 is 0 Å². The summed E-state index contributed by atoms with van der Waals surface area (Å²) in [7, 11) is 3.06. The van der Waals surface area contributed by atoms with Crippen LogP contribution in [0.3, 0.4) is 0 Å². The molecule has 2 aromatic rings. The van der Waals surface area contributed by atoms with E-state index in [0.29, 0.717) is 37.4 Å². The van der Waals surface area contributed by atoms with Crippen LogP contribution in [0.25, 0.3) is 16.8 Å². The number of thiocarbonyl (C=S) groups is 1. The molecule has 1 aliphatic heterocycles. The van der Waals surface area contributed by atoms with E-state index < -0.39 is 12.6 Å². The Kier molecular flexibility index (Phi) is 5.52. The van der Waals surface area contributed by atoms with Crippen molar-refractivity contribution >= 4 is 57.0 Å². The first-order valence-corrected chi connectivity index (χ1v) is 8.93. The van der Waals surface area contributed by atoms with E-state index in [9.17, 15) is 9.59 Å². The summed E-state index contributed by atoms with van der Waals surface area (Å²) in [6.07, 6.45) is 1.63. The zero-order valence-corrected chi connectivity index (χ0v) is 16.0.